The SMILES string of the molecule is Cc1ccc(C(C)C)cc1[O-].Cc1ccc(C(C)C)cc1[O-].[Ca+2]. The van der Waals surface area contributed by atoms with E-state index >= 15 is 0 Å². The van der Waals surface area contributed by atoms with Crippen LogP contribution in [0.25, 0.3) is 0 Å². The average molecular weight is 339 g/mol. The molecule has 0 fully saturated rings. The largest absolute Gasteiger partial charge is 2.00 e. The standard InChI is InChI=1S/2C10H14O.Ca/c2*1-7(2)9-5-4-8(3)10(11)6-9;/h2*4-7,11H,1-3H3;/q;;+2/p-2. The normalized spacial score (nSPS) is 10.1. The summed E-state index contributed by atoms with van der Waals surface area (Å²) in [5.41, 5.74) is 3.91. The van der Waals surface area contributed by atoms with Crippen LogP contribution in [-0.4, -0.2) is 37.7 Å². The molecular weight excluding hydrogens is 312 g/mol. The molecule has 0 aliphatic carbocycles. The first-order valence-electron chi connectivity index (χ1n) is 7.77. The van der Waals surface area contributed by atoms with Gasteiger partial charge in [0.1, 0.15) is 0 Å². The molecule has 0 aromatic heterocycles. The van der Waals surface area contributed by atoms with Gasteiger partial charge in [-0.25, -0.2) is 0 Å². The van der Waals surface area contributed by atoms with Crippen LogP contribution in [-0.2, 0) is 0 Å². The van der Waals surface area contributed by atoms with Gasteiger partial charge in [-0.1, -0.05) is 75.2 Å². The average Bonchev–Trinajstić information content (AvgIpc) is 2.45. The van der Waals surface area contributed by atoms with Gasteiger partial charge in [0.15, 0.2) is 0 Å². The Morgan fingerprint density at radius 1 is 0.652 bits per heavy atom. The Labute approximate surface area is 170 Å². The predicted molar refractivity (Wildman–Crippen MR) is 95.2 cm³/mol. The molecule has 2 nitrogen and oxygen atoms in total. The van der Waals surface area contributed by atoms with Gasteiger partial charge >= 0.3 is 37.7 Å². The van der Waals surface area contributed by atoms with Gasteiger partial charge in [0.05, 0.1) is 0 Å². The van der Waals surface area contributed by atoms with E-state index in [9.17, 15) is 10.2 Å². The van der Waals surface area contributed by atoms with E-state index in [1.807, 2.05) is 38.1 Å². The first-order valence-corrected chi connectivity index (χ1v) is 7.77. The molecule has 0 bridgehead atoms. The van der Waals surface area contributed by atoms with E-state index in [0.29, 0.717) is 11.8 Å². The van der Waals surface area contributed by atoms with E-state index in [0.717, 1.165) is 22.3 Å². The zero-order chi connectivity index (χ0) is 16.9. The first-order chi connectivity index (χ1) is 10.2. The zero-order valence-electron chi connectivity index (χ0n) is 15.1. The molecule has 0 spiro atoms. The molecule has 0 radical (unpaired) electrons. The molecule has 0 heterocycles. The van der Waals surface area contributed by atoms with Gasteiger partial charge in [-0.05, 0) is 36.8 Å². The van der Waals surface area contributed by atoms with Crippen LogP contribution < -0.4 is 10.2 Å². The van der Waals surface area contributed by atoms with Crippen molar-refractivity contribution in [2.24, 2.45) is 0 Å². The molecule has 0 unspecified atom stereocenters. The van der Waals surface area contributed by atoms with Crippen LogP contribution in [0.2, 0.25) is 0 Å². The minimum atomic E-state index is 0. The maximum atomic E-state index is 11.1. The smallest absolute Gasteiger partial charge is 0.872 e. The zero-order valence-corrected chi connectivity index (χ0v) is 17.4. The number of hydrogen-bond donors (Lipinski definition) is 0. The summed E-state index contributed by atoms with van der Waals surface area (Å²) in [5, 5.41) is 22.3. The van der Waals surface area contributed by atoms with E-state index in [4.69, 9.17) is 0 Å². The summed E-state index contributed by atoms with van der Waals surface area (Å²) in [4.78, 5) is 0. The molecule has 0 N–H and O–H groups in total. The van der Waals surface area contributed by atoms with Crippen molar-refractivity contribution in [3.8, 4) is 11.5 Å². The van der Waals surface area contributed by atoms with Gasteiger partial charge in [0.2, 0.25) is 0 Å². The number of benzene rings is 2. The quantitative estimate of drug-likeness (QED) is 0.777. The van der Waals surface area contributed by atoms with Gasteiger partial charge in [0, 0.05) is 0 Å². The molecule has 0 saturated heterocycles. The molecule has 3 heteroatoms. The minimum Gasteiger partial charge on any atom is -0.872 e. The molecule has 2 aromatic carbocycles. The summed E-state index contributed by atoms with van der Waals surface area (Å²) in [6.07, 6.45) is 0. The first kappa shape index (κ1) is 22.3. The molecule has 0 atom stereocenters. The van der Waals surface area contributed by atoms with Crippen LogP contribution in [0.15, 0.2) is 36.4 Å². The van der Waals surface area contributed by atoms with Crippen molar-refractivity contribution in [2.45, 2.75) is 53.4 Å². The van der Waals surface area contributed by atoms with Crippen LogP contribution in [0.4, 0.5) is 0 Å². The van der Waals surface area contributed by atoms with Crippen molar-refractivity contribution in [3.63, 3.8) is 0 Å². The molecule has 2 rings (SSSR count). The monoisotopic (exact) mass is 338 g/mol. The summed E-state index contributed by atoms with van der Waals surface area (Å²) in [5.74, 6) is 1.19. The molecule has 0 aliphatic rings. The maximum absolute atomic E-state index is 11.1. The Hall–Kier alpha value is -0.700. The second-order valence-corrected chi connectivity index (χ2v) is 6.36. The van der Waals surface area contributed by atoms with E-state index in [1.54, 1.807) is 12.1 Å². The summed E-state index contributed by atoms with van der Waals surface area (Å²) in [7, 11) is 0. The van der Waals surface area contributed by atoms with Crippen molar-refractivity contribution in [2.75, 3.05) is 0 Å². The van der Waals surface area contributed by atoms with Crippen LogP contribution in [0, 0.1) is 13.8 Å². The van der Waals surface area contributed by atoms with E-state index in [1.165, 1.54) is 0 Å². The molecule has 0 aliphatic heterocycles. The van der Waals surface area contributed by atoms with E-state index in [2.05, 4.69) is 27.7 Å². The second kappa shape index (κ2) is 10.2. The molecule has 0 saturated carbocycles. The number of aryl methyl sites for hydroxylation is 2. The maximum Gasteiger partial charge on any atom is 2.00 e. The third kappa shape index (κ3) is 7.15. The van der Waals surface area contributed by atoms with Crippen molar-refractivity contribution in [3.05, 3.63) is 58.7 Å². The minimum absolute atomic E-state index is 0. The Kier molecular flexibility index (Phi) is 9.91. The third-order valence-electron chi connectivity index (χ3n) is 3.76. The number of hydrogen-bond acceptors (Lipinski definition) is 2. The van der Waals surface area contributed by atoms with Crippen LogP contribution in [0.3, 0.4) is 0 Å². The fourth-order valence-corrected chi connectivity index (χ4v) is 1.95. The topological polar surface area (TPSA) is 46.1 Å². The number of rotatable bonds is 2. The molecule has 0 amide bonds. The Morgan fingerprint density at radius 3 is 1.17 bits per heavy atom. The molecule has 120 valence electrons. The van der Waals surface area contributed by atoms with Gasteiger partial charge in [0.25, 0.3) is 0 Å². The molecule has 23 heavy (non-hydrogen) atoms. The van der Waals surface area contributed by atoms with Crippen molar-refractivity contribution >= 4 is 37.7 Å². The second-order valence-electron chi connectivity index (χ2n) is 6.36. The van der Waals surface area contributed by atoms with Gasteiger partial charge in [-0.15, -0.1) is 11.5 Å². The van der Waals surface area contributed by atoms with Crippen molar-refractivity contribution < 1.29 is 10.2 Å². The Morgan fingerprint density at radius 2 is 0.957 bits per heavy atom. The van der Waals surface area contributed by atoms with E-state index < -0.39 is 0 Å². The molecular formula is C20H26CaO2. The molecule has 2 aromatic rings. The summed E-state index contributed by atoms with van der Waals surface area (Å²) in [6.45, 7) is 12.0. The fraction of sp³-hybridized carbons (Fsp3) is 0.400. The van der Waals surface area contributed by atoms with Crippen LogP contribution >= 0.6 is 0 Å². The third-order valence-corrected chi connectivity index (χ3v) is 3.76. The summed E-state index contributed by atoms with van der Waals surface area (Å²) in [6, 6.07) is 11.2. The predicted octanol–water partition coefficient (Wildman–Crippen LogP) is 4.00. The fourth-order valence-electron chi connectivity index (χ4n) is 1.95. The van der Waals surface area contributed by atoms with Gasteiger partial charge < -0.3 is 10.2 Å². The Bertz CT molecular complexity index is 564. The van der Waals surface area contributed by atoms with Crippen molar-refractivity contribution in [1.82, 2.24) is 0 Å². The van der Waals surface area contributed by atoms with Crippen molar-refractivity contribution in [1.29, 1.82) is 0 Å². The summed E-state index contributed by atoms with van der Waals surface area (Å²) < 4.78 is 0. The van der Waals surface area contributed by atoms with Crippen LogP contribution in [0.1, 0.15) is 61.8 Å². The Balaban J connectivity index is 0.000000403. The van der Waals surface area contributed by atoms with E-state index in [-0.39, 0.29) is 49.2 Å². The van der Waals surface area contributed by atoms with Crippen LogP contribution in [0.5, 0.6) is 11.5 Å². The van der Waals surface area contributed by atoms with Gasteiger partial charge in [-0.3, -0.25) is 0 Å². The van der Waals surface area contributed by atoms with Gasteiger partial charge in [-0.2, -0.15) is 0 Å². The summed E-state index contributed by atoms with van der Waals surface area (Å²) >= 11 is 0.